The number of aryl methyl sites for hydroxylation is 1. The van der Waals surface area contributed by atoms with Gasteiger partial charge in [-0.15, -0.1) is 0 Å². The molecule has 0 spiro atoms. The highest BCUT2D eigenvalue weighted by Gasteiger charge is 2.22. The smallest absolute Gasteiger partial charge is 0.174 e. The first kappa shape index (κ1) is 18.7. The number of anilines is 1. The summed E-state index contributed by atoms with van der Waals surface area (Å²) in [5.74, 6) is 1.34. The molecular weight excluding hydrogens is 406 g/mol. The van der Waals surface area contributed by atoms with Crippen molar-refractivity contribution in [3.63, 3.8) is 0 Å². The zero-order chi connectivity index (χ0) is 19.6. The van der Waals surface area contributed by atoms with Crippen molar-refractivity contribution in [3.8, 4) is 39.8 Å². The lowest BCUT2D eigenvalue weighted by Crippen LogP contribution is -2.03. The van der Waals surface area contributed by atoms with Crippen LogP contribution in [0.5, 0.6) is 11.5 Å². The van der Waals surface area contributed by atoms with E-state index in [0.717, 1.165) is 32.4 Å². The lowest BCUT2D eigenvalue weighted by Gasteiger charge is -2.18. The van der Waals surface area contributed by atoms with E-state index in [9.17, 15) is 5.26 Å². The Morgan fingerprint density at radius 1 is 1.04 bits per heavy atom. The maximum absolute atomic E-state index is 9.78. The summed E-state index contributed by atoms with van der Waals surface area (Å²) in [4.78, 5) is 4.39. The molecule has 0 saturated heterocycles. The van der Waals surface area contributed by atoms with Crippen molar-refractivity contribution >= 4 is 21.7 Å². The molecular formula is C21H18BrN3O2. The Bertz CT molecular complexity index is 1040. The largest absolute Gasteiger partial charge is 0.493 e. The van der Waals surface area contributed by atoms with Gasteiger partial charge in [-0.25, -0.2) is 4.98 Å². The van der Waals surface area contributed by atoms with E-state index in [0.29, 0.717) is 17.1 Å². The zero-order valence-electron chi connectivity index (χ0n) is 15.2. The molecule has 0 radical (unpaired) electrons. The molecule has 1 heterocycles. The lowest BCUT2D eigenvalue weighted by atomic mass is 9.90. The second-order valence-electron chi connectivity index (χ2n) is 5.88. The second-order valence-corrected chi connectivity index (χ2v) is 6.73. The molecule has 1 aromatic heterocycles. The van der Waals surface area contributed by atoms with Gasteiger partial charge in [-0.1, -0.05) is 30.3 Å². The highest BCUT2D eigenvalue weighted by molar-refractivity contribution is 9.10. The number of nitrogens with zero attached hydrogens (tertiary/aromatic N) is 2. The van der Waals surface area contributed by atoms with Gasteiger partial charge in [-0.2, -0.15) is 5.26 Å². The van der Waals surface area contributed by atoms with Crippen molar-refractivity contribution in [1.29, 1.82) is 5.26 Å². The van der Waals surface area contributed by atoms with Crippen LogP contribution >= 0.6 is 15.9 Å². The second kappa shape index (κ2) is 7.68. The minimum atomic E-state index is 0.204. The molecule has 0 aliphatic heterocycles. The maximum atomic E-state index is 9.78. The average molecular weight is 424 g/mol. The van der Waals surface area contributed by atoms with Crippen LogP contribution in [0.4, 0.5) is 5.82 Å². The minimum absolute atomic E-state index is 0.204. The third-order valence-electron chi connectivity index (χ3n) is 4.30. The van der Waals surface area contributed by atoms with Crippen LogP contribution in [0.1, 0.15) is 11.3 Å². The Labute approximate surface area is 166 Å². The number of nitrogen functional groups attached to an aromatic ring is 1. The first-order valence-electron chi connectivity index (χ1n) is 8.19. The van der Waals surface area contributed by atoms with Gasteiger partial charge in [0.1, 0.15) is 17.5 Å². The van der Waals surface area contributed by atoms with Gasteiger partial charge >= 0.3 is 0 Å². The van der Waals surface area contributed by atoms with E-state index in [1.165, 1.54) is 0 Å². The van der Waals surface area contributed by atoms with Crippen molar-refractivity contribution in [2.24, 2.45) is 0 Å². The lowest BCUT2D eigenvalue weighted by molar-refractivity contribution is 0.353. The third-order valence-corrected chi connectivity index (χ3v) is 4.89. The van der Waals surface area contributed by atoms with Crippen LogP contribution in [-0.4, -0.2) is 19.2 Å². The van der Waals surface area contributed by atoms with Crippen LogP contribution in [0.3, 0.4) is 0 Å². The topological polar surface area (TPSA) is 81.2 Å². The van der Waals surface area contributed by atoms with Crippen LogP contribution in [-0.2, 0) is 0 Å². The van der Waals surface area contributed by atoms with E-state index in [4.69, 9.17) is 15.2 Å². The molecule has 0 atom stereocenters. The first-order valence-corrected chi connectivity index (χ1v) is 8.98. The molecule has 136 valence electrons. The molecule has 6 heteroatoms. The quantitative estimate of drug-likeness (QED) is 0.641. The van der Waals surface area contributed by atoms with Crippen molar-refractivity contribution < 1.29 is 9.47 Å². The molecule has 0 unspecified atom stereocenters. The molecule has 27 heavy (non-hydrogen) atoms. The molecule has 0 bridgehead atoms. The minimum Gasteiger partial charge on any atom is -0.493 e. The molecule has 3 aromatic rings. The number of nitriles is 1. The number of halogens is 1. The van der Waals surface area contributed by atoms with Gasteiger partial charge in [0, 0.05) is 16.8 Å². The van der Waals surface area contributed by atoms with Gasteiger partial charge < -0.3 is 15.2 Å². The molecule has 5 nitrogen and oxygen atoms in total. The first-order chi connectivity index (χ1) is 13.0. The van der Waals surface area contributed by atoms with Crippen molar-refractivity contribution in [2.75, 3.05) is 20.0 Å². The van der Waals surface area contributed by atoms with Gasteiger partial charge in [0.05, 0.1) is 18.7 Å². The summed E-state index contributed by atoms with van der Waals surface area (Å²) in [5.41, 5.74) is 10.5. The Morgan fingerprint density at radius 2 is 1.74 bits per heavy atom. The summed E-state index contributed by atoms with van der Waals surface area (Å²) in [6, 6.07) is 15.8. The standard InChI is InChI=1S/C21H18BrN3O2/c1-12-18(13-7-5-4-6-8-13)19(15(11-23)21(24)25-12)14-9-16(22)20(27-3)17(10-14)26-2/h4-10H,1-3H3,(H2,24,25). The van der Waals surface area contributed by atoms with E-state index < -0.39 is 0 Å². The summed E-state index contributed by atoms with van der Waals surface area (Å²) in [7, 11) is 3.15. The van der Waals surface area contributed by atoms with Crippen LogP contribution in [0, 0.1) is 18.3 Å². The third kappa shape index (κ3) is 3.34. The summed E-state index contributed by atoms with van der Waals surface area (Å²) < 4.78 is 11.6. The number of benzene rings is 2. The van der Waals surface area contributed by atoms with Gasteiger partial charge in [0.2, 0.25) is 0 Å². The molecule has 3 rings (SSSR count). The summed E-state index contributed by atoms with van der Waals surface area (Å²) in [5, 5.41) is 9.78. The van der Waals surface area contributed by atoms with Gasteiger partial charge in [0.25, 0.3) is 0 Å². The number of hydrogen-bond acceptors (Lipinski definition) is 5. The van der Waals surface area contributed by atoms with E-state index in [-0.39, 0.29) is 5.82 Å². The number of ether oxygens (including phenoxy) is 2. The summed E-state index contributed by atoms with van der Waals surface area (Å²) in [6.07, 6.45) is 0. The number of methoxy groups -OCH3 is 2. The Balaban J connectivity index is 2.43. The van der Waals surface area contributed by atoms with Crippen molar-refractivity contribution in [2.45, 2.75) is 6.92 Å². The van der Waals surface area contributed by atoms with Gasteiger partial charge in [-0.3, -0.25) is 0 Å². The Morgan fingerprint density at radius 3 is 2.33 bits per heavy atom. The van der Waals surface area contributed by atoms with Crippen LogP contribution in [0.15, 0.2) is 46.9 Å². The highest BCUT2D eigenvalue weighted by atomic mass is 79.9. The predicted octanol–water partition coefficient (Wildman–Crippen LogP) is 4.96. The van der Waals surface area contributed by atoms with E-state index >= 15 is 0 Å². The van der Waals surface area contributed by atoms with Crippen LogP contribution in [0.2, 0.25) is 0 Å². The van der Waals surface area contributed by atoms with Crippen LogP contribution in [0.25, 0.3) is 22.3 Å². The van der Waals surface area contributed by atoms with E-state index in [1.807, 2.05) is 49.4 Å². The number of pyridine rings is 1. The fraction of sp³-hybridized carbons (Fsp3) is 0.143. The Kier molecular flexibility index (Phi) is 5.33. The molecule has 2 N–H and O–H groups in total. The number of nitrogens with two attached hydrogens (primary N) is 1. The normalized spacial score (nSPS) is 10.3. The molecule has 2 aromatic carbocycles. The number of aromatic nitrogens is 1. The maximum Gasteiger partial charge on any atom is 0.174 e. The fourth-order valence-corrected chi connectivity index (χ4v) is 3.75. The fourth-order valence-electron chi connectivity index (χ4n) is 3.15. The zero-order valence-corrected chi connectivity index (χ0v) is 16.8. The van der Waals surface area contributed by atoms with Crippen LogP contribution < -0.4 is 15.2 Å². The molecule has 0 amide bonds. The highest BCUT2D eigenvalue weighted by Crippen LogP contribution is 2.44. The van der Waals surface area contributed by atoms with Gasteiger partial charge in [-0.05, 0) is 46.1 Å². The summed E-state index contributed by atoms with van der Waals surface area (Å²) in [6.45, 7) is 1.89. The monoisotopic (exact) mass is 423 g/mol. The SMILES string of the molecule is COc1cc(-c2c(C#N)c(N)nc(C)c2-c2ccccc2)cc(Br)c1OC. The number of hydrogen-bond donors (Lipinski definition) is 1. The van der Waals surface area contributed by atoms with E-state index in [2.05, 4.69) is 27.0 Å². The molecule has 0 fully saturated rings. The molecule has 0 saturated carbocycles. The predicted molar refractivity (Wildman–Crippen MR) is 110 cm³/mol. The van der Waals surface area contributed by atoms with Gasteiger partial charge in [0.15, 0.2) is 11.5 Å². The Hall–Kier alpha value is -3.04. The number of rotatable bonds is 4. The van der Waals surface area contributed by atoms with E-state index in [1.54, 1.807) is 14.2 Å². The summed E-state index contributed by atoms with van der Waals surface area (Å²) >= 11 is 3.53. The van der Waals surface area contributed by atoms with Crippen molar-refractivity contribution in [1.82, 2.24) is 4.98 Å². The van der Waals surface area contributed by atoms with Crippen molar-refractivity contribution in [3.05, 3.63) is 58.2 Å². The average Bonchev–Trinajstić information content (AvgIpc) is 2.67. The molecule has 0 aliphatic carbocycles. The molecule has 0 aliphatic rings.